The Bertz CT molecular complexity index is 520. The second-order valence-corrected chi connectivity index (χ2v) is 5.22. The van der Waals surface area contributed by atoms with E-state index in [0.717, 1.165) is 25.3 Å². The molecule has 2 N–H and O–H groups in total. The fraction of sp³-hybridized carbons (Fsp3) is 0.500. The van der Waals surface area contributed by atoms with Crippen LogP contribution in [0.25, 0.3) is 0 Å². The Balaban J connectivity index is 2.54. The highest BCUT2D eigenvalue weighted by atomic mass is 19.1. The molecule has 0 aliphatic carbocycles. The summed E-state index contributed by atoms with van der Waals surface area (Å²) >= 11 is 0. The molecule has 0 spiro atoms. The zero-order valence-corrected chi connectivity index (χ0v) is 12.6. The number of hydrogen-bond acceptors (Lipinski definition) is 2. The molecule has 1 aromatic rings. The molecule has 1 amide bonds. The average Bonchev–Trinajstić information content (AvgIpc) is 2.45. The molecule has 0 unspecified atom stereocenters. The monoisotopic (exact) mass is 313 g/mol. The molecule has 0 bridgehead atoms. The number of carboxylic acid groups (broad SMARTS) is 1. The van der Waals surface area contributed by atoms with Gasteiger partial charge in [0.1, 0.15) is 17.7 Å². The van der Waals surface area contributed by atoms with Crippen LogP contribution in [0.1, 0.15) is 44.6 Å². The third-order valence-electron chi connectivity index (χ3n) is 3.35. The van der Waals surface area contributed by atoms with Gasteiger partial charge >= 0.3 is 5.97 Å². The van der Waals surface area contributed by atoms with Gasteiger partial charge in [-0.15, -0.1) is 0 Å². The molecule has 0 heterocycles. The normalized spacial score (nSPS) is 12.0. The van der Waals surface area contributed by atoms with Crippen LogP contribution in [0, 0.1) is 11.6 Å². The minimum absolute atomic E-state index is 0.0361. The van der Waals surface area contributed by atoms with E-state index in [2.05, 4.69) is 5.32 Å². The molecule has 0 saturated heterocycles. The molecular weight excluding hydrogens is 292 g/mol. The topological polar surface area (TPSA) is 66.4 Å². The summed E-state index contributed by atoms with van der Waals surface area (Å²) < 4.78 is 26.2. The van der Waals surface area contributed by atoms with Gasteiger partial charge in [0.2, 0.25) is 5.91 Å². The van der Waals surface area contributed by atoms with Crippen LogP contribution in [-0.2, 0) is 16.0 Å². The van der Waals surface area contributed by atoms with E-state index in [-0.39, 0.29) is 12.0 Å². The summed E-state index contributed by atoms with van der Waals surface area (Å²) in [5, 5.41) is 11.5. The van der Waals surface area contributed by atoms with Gasteiger partial charge in [0.25, 0.3) is 0 Å². The van der Waals surface area contributed by atoms with Crippen molar-refractivity contribution in [1.29, 1.82) is 0 Å². The van der Waals surface area contributed by atoms with Gasteiger partial charge in [0, 0.05) is 6.07 Å². The molecule has 22 heavy (non-hydrogen) atoms. The minimum atomic E-state index is -1.11. The predicted octanol–water partition coefficient (Wildman–Crippen LogP) is 3.05. The number of nitrogens with one attached hydrogen (secondary N) is 1. The molecule has 1 rings (SSSR count). The first-order valence-electron chi connectivity index (χ1n) is 7.40. The van der Waals surface area contributed by atoms with Gasteiger partial charge in [0.05, 0.1) is 6.42 Å². The largest absolute Gasteiger partial charge is 0.480 e. The maximum absolute atomic E-state index is 13.5. The lowest BCUT2D eigenvalue weighted by Crippen LogP contribution is -2.41. The van der Waals surface area contributed by atoms with E-state index in [1.807, 2.05) is 6.92 Å². The molecule has 1 aromatic carbocycles. The Hall–Kier alpha value is -1.98. The van der Waals surface area contributed by atoms with Crippen molar-refractivity contribution in [2.45, 2.75) is 51.5 Å². The van der Waals surface area contributed by atoms with Crippen LogP contribution in [0.2, 0.25) is 0 Å². The van der Waals surface area contributed by atoms with E-state index in [1.165, 1.54) is 6.07 Å². The van der Waals surface area contributed by atoms with Crippen molar-refractivity contribution >= 4 is 11.9 Å². The summed E-state index contributed by atoms with van der Waals surface area (Å²) in [4.78, 5) is 22.9. The molecular formula is C16H21F2NO3. The van der Waals surface area contributed by atoms with Gasteiger partial charge < -0.3 is 10.4 Å². The van der Waals surface area contributed by atoms with Crippen molar-refractivity contribution in [2.75, 3.05) is 0 Å². The zero-order chi connectivity index (χ0) is 16.5. The highest BCUT2D eigenvalue weighted by Gasteiger charge is 2.20. The number of unbranched alkanes of at least 4 members (excludes halogenated alkanes) is 3. The second-order valence-electron chi connectivity index (χ2n) is 5.22. The van der Waals surface area contributed by atoms with Crippen molar-refractivity contribution in [2.24, 2.45) is 0 Å². The quantitative estimate of drug-likeness (QED) is 0.689. The molecule has 0 aliphatic rings. The molecule has 4 nitrogen and oxygen atoms in total. The van der Waals surface area contributed by atoms with Gasteiger partial charge in [-0.1, -0.05) is 38.7 Å². The van der Waals surface area contributed by atoms with E-state index in [0.29, 0.717) is 18.9 Å². The Morgan fingerprint density at radius 2 is 1.95 bits per heavy atom. The highest BCUT2D eigenvalue weighted by molar-refractivity contribution is 5.84. The summed E-state index contributed by atoms with van der Waals surface area (Å²) in [5.41, 5.74) is 0.0361. The second kappa shape index (κ2) is 9.12. The minimum Gasteiger partial charge on any atom is -0.480 e. The van der Waals surface area contributed by atoms with Crippen LogP contribution >= 0.6 is 0 Å². The Morgan fingerprint density at radius 3 is 2.55 bits per heavy atom. The van der Waals surface area contributed by atoms with Crippen LogP contribution < -0.4 is 5.32 Å². The third-order valence-corrected chi connectivity index (χ3v) is 3.35. The lowest BCUT2D eigenvalue weighted by Gasteiger charge is -2.14. The molecule has 0 saturated carbocycles. The number of benzene rings is 1. The van der Waals surface area contributed by atoms with E-state index >= 15 is 0 Å². The van der Waals surface area contributed by atoms with Gasteiger partial charge in [0.15, 0.2) is 0 Å². The molecule has 0 aromatic heterocycles. The number of halogens is 2. The zero-order valence-electron chi connectivity index (χ0n) is 12.6. The number of rotatable bonds is 9. The Labute approximate surface area is 128 Å². The van der Waals surface area contributed by atoms with E-state index in [1.54, 1.807) is 0 Å². The van der Waals surface area contributed by atoms with Crippen molar-refractivity contribution < 1.29 is 23.5 Å². The van der Waals surface area contributed by atoms with Crippen molar-refractivity contribution in [1.82, 2.24) is 5.32 Å². The lowest BCUT2D eigenvalue weighted by molar-refractivity contribution is -0.142. The van der Waals surface area contributed by atoms with Crippen LogP contribution in [0.4, 0.5) is 8.78 Å². The Morgan fingerprint density at radius 1 is 1.23 bits per heavy atom. The van der Waals surface area contributed by atoms with Gasteiger partial charge in [-0.25, -0.2) is 13.6 Å². The predicted molar refractivity (Wildman–Crippen MR) is 78.4 cm³/mol. The van der Waals surface area contributed by atoms with Crippen LogP contribution in [0.5, 0.6) is 0 Å². The number of amides is 1. The maximum Gasteiger partial charge on any atom is 0.326 e. The molecule has 122 valence electrons. The van der Waals surface area contributed by atoms with Gasteiger partial charge in [-0.3, -0.25) is 4.79 Å². The number of carboxylic acids is 1. The Kier molecular flexibility index (Phi) is 7.49. The summed E-state index contributed by atoms with van der Waals surface area (Å²) in [5.74, 6) is -3.23. The average molecular weight is 313 g/mol. The molecule has 6 heteroatoms. The highest BCUT2D eigenvalue weighted by Crippen LogP contribution is 2.11. The van der Waals surface area contributed by atoms with Crippen molar-refractivity contribution in [3.05, 3.63) is 35.4 Å². The van der Waals surface area contributed by atoms with Gasteiger partial charge in [-0.2, -0.15) is 0 Å². The SMILES string of the molecule is CCCCCC[C@H](NC(=O)Cc1ccc(F)cc1F)C(=O)O. The fourth-order valence-electron chi connectivity index (χ4n) is 2.12. The number of carbonyl (C=O) groups is 2. The number of hydrogen-bond donors (Lipinski definition) is 2. The van der Waals surface area contributed by atoms with Crippen LogP contribution in [0.3, 0.4) is 0 Å². The number of carbonyl (C=O) groups excluding carboxylic acids is 1. The first-order chi connectivity index (χ1) is 10.4. The smallest absolute Gasteiger partial charge is 0.326 e. The van der Waals surface area contributed by atoms with Crippen molar-refractivity contribution in [3.63, 3.8) is 0 Å². The fourth-order valence-corrected chi connectivity index (χ4v) is 2.12. The molecule has 0 radical (unpaired) electrons. The summed E-state index contributed by atoms with van der Waals surface area (Å²) in [6.07, 6.45) is 3.69. The summed E-state index contributed by atoms with van der Waals surface area (Å²) in [7, 11) is 0. The molecule has 1 atom stereocenters. The van der Waals surface area contributed by atoms with Crippen LogP contribution in [0.15, 0.2) is 18.2 Å². The van der Waals surface area contributed by atoms with E-state index < -0.39 is 29.6 Å². The van der Waals surface area contributed by atoms with Crippen molar-refractivity contribution in [3.8, 4) is 0 Å². The summed E-state index contributed by atoms with van der Waals surface area (Å²) in [6.45, 7) is 2.05. The maximum atomic E-state index is 13.5. The third kappa shape index (κ3) is 6.20. The number of aliphatic carboxylic acids is 1. The van der Waals surface area contributed by atoms with E-state index in [9.17, 15) is 18.4 Å². The summed E-state index contributed by atoms with van der Waals surface area (Å²) in [6, 6.07) is 1.96. The van der Waals surface area contributed by atoms with Gasteiger partial charge in [-0.05, 0) is 18.1 Å². The molecule has 0 aliphatic heterocycles. The van der Waals surface area contributed by atoms with E-state index in [4.69, 9.17) is 5.11 Å². The lowest BCUT2D eigenvalue weighted by atomic mass is 10.1. The molecule has 0 fully saturated rings. The van der Waals surface area contributed by atoms with Crippen LogP contribution in [-0.4, -0.2) is 23.0 Å². The first-order valence-corrected chi connectivity index (χ1v) is 7.40. The standard InChI is InChI=1S/C16H21F2NO3/c1-2-3-4-5-6-14(16(21)22)19-15(20)9-11-7-8-12(17)10-13(11)18/h7-8,10,14H,2-6,9H2,1H3,(H,19,20)(H,21,22)/t14-/m0/s1. The first kappa shape index (κ1) is 18.1.